The van der Waals surface area contributed by atoms with Crippen LogP contribution < -0.4 is 0 Å². The Balaban J connectivity index is 1.01. The summed E-state index contributed by atoms with van der Waals surface area (Å²) in [5.41, 5.74) is 22.7. The standard InChI is InChI=1S/C53H41N/c1-52(2)47-30-36(37-19-23-44-46-25-21-39(51-17-11-12-26-54-51)33-50(46)53(3,4)48(44)31-37)18-22-43(47)45-24-20-38(32-49(45)52)42-28-40(34-13-7-5-8-14-34)27-41(29-42)35-15-9-6-10-16-35/h5-33H,1-4H3. The Morgan fingerprint density at radius 1 is 0.296 bits per heavy atom. The van der Waals surface area contributed by atoms with Crippen LogP contribution in [0.5, 0.6) is 0 Å². The van der Waals surface area contributed by atoms with Gasteiger partial charge >= 0.3 is 0 Å². The van der Waals surface area contributed by atoms with Gasteiger partial charge in [-0.2, -0.15) is 0 Å². The maximum absolute atomic E-state index is 4.63. The van der Waals surface area contributed by atoms with E-state index in [1.165, 1.54) is 94.6 Å². The summed E-state index contributed by atoms with van der Waals surface area (Å²) in [6.45, 7) is 9.51. The molecule has 2 aliphatic carbocycles. The van der Waals surface area contributed by atoms with Crippen molar-refractivity contribution < 1.29 is 0 Å². The molecule has 0 fully saturated rings. The van der Waals surface area contributed by atoms with Crippen molar-refractivity contribution in [2.75, 3.05) is 0 Å². The molecule has 1 heteroatoms. The number of rotatable bonds is 5. The van der Waals surface area contributed by atoms with Crippen LogP contribution in [0.1, 0.15) is 49.9 Å². The van der Waals surface area contributed by atoms with Gasteiger partial charge in [-0.1, -0.05) is 143 Å². The van der Waals surface area contributed by atoms with Gasteiger partial charge in [0.2, 0.25) is 0 Å². The van der Waals surface area contributed by atoms with Crippen LogP contribution in [0, 0.1) is 0 Å². The molecule has 0 atom stereocenters. The van der Waals surface area contributed by atoms with E-state index in [-0.39, 0.29) is 10.8 Å². The molecule has 7 aromatic carbocycles. The summed E-state index contributed by atoms with van der Waals surface area (Å²) >= 11 is 0. The first kappa shape index (κ1) is 32.3. The molecule has 0 unspecified atom stereocenters. The zero-order chi connectivity index (χ0) is 36.6. The molecule has 0 saturated carbocycles. The Morgan fingerprint density at radius 2 is 0.648 bits per heavy atom. The average molecular weight is 692 g/mol. The molecule has 0 amide bonds. The van der Waals surface area contributed by atoms with Crippen LogP contribution in [0.25, 0.3) is 78.0 Å². The molecular weight excluding hydrogens is 651 g/mol. The summed E-state index contributed by atoms with van der Waals surface area (Å²) in [6.07, 6.45) is 1.87. The SMILES string of the molecule is CC1(C)c2cc(-c3cc(-c4ccccc4)cc(-c4ccccc4)c3)ccc2-c2ccc(-c3ccc4c(c3)C(C)(C)c3cc(-c5ccccn5)ccc3-4)cc21. The monoisotopic (exact) mass is 691 g/mol. The van der Waals surface area contributed by atoms with Crippen LogP contribution in [0.4, 0.5) is 0 Å². The quantitative estimate of drug-likeness (QED) is 0.175. The van der Waals surface area contributed by atoms with Crippen molar-refractivity contribution in [3.63, 3.8) is 0 Å². The predicted molar refractivity (Wildman–Crippen MR) is 227 cm³/mol. The van der Waals surface area contributed by atoms with E-state index < -0.39 is 0 Å². The number of benzene rings is 7. The average Bonchev–Trinajstić information content (AvgIpc) is 3.59. The van der Waals surface area contributed by atoms with Gasteiger partial charge in [0.1, 0.15) is 0 Å². The summed E-state index contributed by atoms with van der Waals surface area (Å²) in [6, 6.07) is 62.8. The number of fused-ring (bicyclic) bond motifs is 6. The molecule has 2 aliphatic rings. The molecular formula is C53H41N. The second-order valence-electron chi connectivity index (χ2n) is 16.0. The van der Waals surface area contributed by atoms with E-state index in [9.17, 15) is 0 Å². The number of hydrogen-bond donors (Lipinski definition) is 0. The van der Waals surface area contributed by atoms with Crippen molar-refractivity contribution in [2.45, 2.75) is 38.5 Å². The van der Waals surface area contributed by atoms with Gasteiger partial charge in [-0.3, -0.25) is 4.98 Å². The molecule has 1 nitrogen and oxygen atoms in total. The highest BCUT2D eigenvalue weighted by Crippen LogP contribution is 2.53. The first-order valence-electron chi connectivity index (χ1n) is 19.0. The topological polar surface area (TPSA) is 12.9 Å². The predicted octanol–water partition coefficient (Wildman–Crippen LogP) is 14.0. The zero-order valence-corrected chi connectivity index (χ0v) is 31.2. The number of aromatic nitrogens is 1. The van der Waals surface area contributed by atoms with Crippen LogP contribution in [0.3, 0.4) is 0 Å². The molecule has 0 N–H and O–H groups in total. The van der Waals surface area contributed by atoms with Crippen LogP contribution in [-0.4, -0.2) is 4.98 Å². The fourth-order valence-corrected chi connectivity index (χ4v) is 9.10. The highest BCUT2D eigenvalue weighted by atomic mass is 14.7. The van der Waals surface area contributed by atoms with Crippen LogP contribution >= 0.6 is 0 Å². The molecule has 258 valence electrons. The Kier molecular flexibility index (Phi) is 7.26. The van der Waals surface area contributed by atoms with Gasteiger partial charge in [0, 0.05) is 22.6 Å². The molecule has 0 radical (unpaired) electrons. The summed E-state index contributed by atoms with van der Waals surface area (Å²) < 4.78 is 0. The van der Waals surface area contributed by atoms with Crippen molar-refractivity contribution in [3.8, 4) is 78.0 Å². The minimum atomic E-state index is -0.149. The molecule has 8 aromatic rings. The van der Waals surface area contributed by atoms with Gasteiger partial charge in [0.15, 0.2) is 0 Å². The van der Waals surface area contributed by atoms with Gasteiger partial charge in [-0.15, -0.1) is 0 Å². The summed E-state index contributed by atoms with van der Waals surface area (Å²) in [5, 5.41) is 0. The zero-order valence-electron chi connectivity index (χ0n) is 31.2. The third kappa shape index (κ3) is 5.11. The van der Waals surface area contributed by atoms with E-state index in [1.54, 1.807) is 0 Å². The van der Waals surface area contributed by atoms with Crippen LogP contribution in [-0.2, 0) is 10.8 Å². The highest BCUT2D eigenvalue weighted by Gasteiger charge is 2.38. The fourth-order valence-electron chi connectivity index (χ4n) is 9.10. The van der Waals surface area contributed by atoms with E-state index in [0.29, 0.717) is 0 Å². The Morgan fingerprint density at radius 3 is 1.06 bits per heavy atom. The van der Waals surface area contributed by atoms with Gasteiger partial charge < -0.3 is 0 Å². The summed E-state index contributed by atoms with van der Waals surface area (Å²) in [7, 11) is 0. The Labute approximate surface area is 318 Å². The van der Waals surface area contributed by atoms with Crippen molar-refractivity contribution >= 4 is 0 Å². The van der Waals surface area contributed by atoms with Gasteiger partial charge in [-0.05, 0) is 144 Å². The summed E-state index contributed by atoms with van der Waals surface area (Å²) in [4.78, 5) is 4.63. The Bertz CT molecular complexity index is 2680. The molecule has 54 heavy (non-hydrogen) atoms. The fraction of sp³-hybridized carbons (Fsp3) is 0.113. The second-order valence-corrected chi connectivity index (χ2v) is 16.0. The lowest BCUT2D eigenvalue weighted by molar-refractivity contribution is 0.659. The van der Waals surface area contributed by atoms with Gasteiger partial charge in [-0.25, -0.2) is 0 Å². The molecule has 1 aromatic heterocycles. The number of hydrogen-bond acceptors (Lipinski definition) is 1. The van der Waals surface area contributed by atoms with Gasteiger partial charge in [0.25, 0.3) is 0 Å². The lowest BCUT2D eigenvalue weighted by Crippen LogP contribution is -2.15. The van der Waals surface area contributed by atoms with E-state index in [1.807, 2.05) is 12.3 Å². The van der Waals surface area contributed by atoms with Crippen molar-refractivity contribution in [3.05, 3.63) is 198 Å². The van der Waals surface area contributed by atoms with Crippen LogP contribution in [0.15, 0.2) is 176 Å². The first-order valence-corrected chi connectivity index (χ1v) is 19.0. The lowest BCUT2D eigenvalue weighted by atomic mass is 9.79. The molecule has 0 aliphatic heterocycles. The van der Waals surface area contributed by atoms with E-state index in [4.69, 9.17) is 0 Å². The van der Waals surface area contributed by atoms with Crippen molar-refractivity contribution in [2.24, 2.45) is 0 Å². The normalized spacial score (nSPS) is 14.2. The van der Waals surface area contributed by atoms with Gasteiger partial charge in [0.05, 0.1) is 5.69 Å². The molecule has 0 saturated heterocycles. The molecule has 0 bridgehead atoms. The van der Waals surface area contributed by atoms with Crippen molar-refractivity contribution in [1.82, 2.24) is 4.98 Å². The molecule has 1 heterocycles. The summed E-state index contributed by atoms with van der Waals surface area (Å²) in [5.74, 6) is 0. The van der Waals surface area contributed by atoms with Crippen LogP contribution in [0.2, 0.25) is 0 Å². The number of pyridine rings is 1. The van der Waals surface area contributed by atoms with E-state index >= 15 is 0 Å². The van der Waals surface area contributed by atoms with E-state index in [0.717, 1.165) is 5.69 Å². The second kappa shape index (κ2) is 12.1. The molecule has 10 rings (SSSR count). The first-order chi connectivity index (χ1) is 26.3. The maximum Gasteiger partial charge on any atom is 0.0702 e. The van der Waals surface area contributed by atoms with E-state index in [2.05, 4.69) is 196 Å². The third-order valence-electron chi connectivity index (χ3n) is 12.1. The minimum Gasteiger partial charge on any atom is -0.256 e. The van der Waals surface area contributed by atoms with Crippen molar-refractivity contribution in [1.29, 1.82) is 0 Å². The third-order valence-corrected chi connectivity index (χ3v) is 12.1. The maximum atomic E-state index is 4.63. The number of nitrogens with zero attached hydrogens (tertiary/aromatic N) is 1. The smallest absolute Gasteiger partial charge is 0.0702 e. The minimum absolute atomic E-state index is 0.119. The highest BCUT2D eigenvalue weighted by molar-refractivity contribution is 5.89. The largest absolute Gasteiger partial charge is 0.256 e. The molecule has 0 spiro atoms. The lowest BCUT2D eigenvalue weighted by Gasteiger charge is -2.24. The Hall–Kier alpha value is -6.31.